The van der Waals surface area contributed by atoms with Crippen LogP contribution in [0.1, 0.15) is 49.9 Å². The Morgan fingerprint density at radius 3 is 1.54 bits per heavy atom. The van der Waals surface area contributed by atoms with Crippen molar-refractivity contribution in [1.29, 1.82) is 0 Å². The van der Waals surface area contributed by atoms with Crippen molar-refractivity contribution < 1.29 is 52.1 Å². The normalized spacial score (nSPS) is 31.6. The monoisotopic (exact) mass is 782 g/mol. The van der Waals surface area contributed by atoms with Crippen LogP contribution in [0.5, 0.6) is 0 Å². The molecule has 4 heterocycles. The highest BCUT2D eigenvalue weighted by molar-refractivity contribution is 5.16. The standard InChI is InChI=1S/C46H54O11/c1-45(2)51-30-36(55-45)38-40(42-44(53-38)57-46(3,4)56-42)54-43-41(50-28-34-23-15-8-16-24-34)39(49-27-33-21-13-7-14-22-33)37(48-26-32-19-11-6-12-20-32)35(52-43)29-47-25-31-17-9-5-10-18-31/h5-24,35-44H,25-30H2,1-4H3/t35-,36-,37-,38-,39+,40+,41-,42-,43-,44-/m1/s1. The Bertz CT molecular complexity index is 1810. The molecule has 0 bridgehead atoms. The van der Waals surface area contributed by atoms with Gasteiger partial charge in [-0.15, -0.1) is 0 Å². The second-order valence-corrected chi connectivity index (χ2v) is 15.9. The summed E-state index contributed by atoms with van der Waals surface area (Å²) in [5.41, 5.74) is 4.06. The molecule has 4 aromatic carbocycles. The molecule has 0 N–H and O–H groups in total. The molecule has 4 fully saturated rings. The van der Waals surface area contributed by atoms with Crippen LogP contribution in [0, 0.1) is 0 Å². The second-order valence-electron chi connectivity index (χ2n) is 15.9. The van der Waals surface area contributed by atoms with Gasteiger partial charge in [0.2, 0.25) is 0 Å². The third-order valence-electron chi connectivity index (χ3n) is 10.6. The molecule has 0 radical (unpaired) electrons. The SMILES string of the molecule is CC1(C)O[C@H]2O[C@H]([C@H]3COC(C)(C)O3)[C@H](O[C@H]3O[C@H](COCc4ccccc4)[C@@H](OCc4ccccc4)[C@H](OCc4ccccc4)[C@H]3OCc3ccccc3)[C@H]2O1. The van der Waals surface area contributed by atoms with Crippen molar-refractivity contribution in [3.05, 3.63) is 144 Å². The zero-order valence-corrected chi connectivity index (χ0v) is 33.1. The van der Waals surface area contributed by atoms with E-state index in [2.05, 4.69) is 0 Å². The van der Waals surface area contributed by atoms with Crippen LogP contribution in [-0.4, -0.2) is 86.2 Å². The van der Waals surface area contributed by atoms with Gasteiger partial charge in [-0.3, -0.25) is 0 Å². The first-order valence-electron chi connectivity index (χ1n) is 19.9. The molecule has 0 spiro atoms. The van der Waals surface area contributed by atoms with E-state index in [9.17, 15) is 0 Å². The lowest BCUT2D eigenvalue weighted by Crippen LogP contribution is -2.63. The molecule has 4 aliphatic heterocycles. The van der Waals surface area contributed by atoms with Crippen LogP contribution < -0.4 is 0 Å². The van der Waals surface area contributed by atoms with Gasteiger partial charge in [0.15, 0.2) is 24.2 Å². The lowest BCUT2D eigenvalue weighted by molar-refractivity contribution is -0.345. The molecule has 57 heavy (non-hydrogen) atoms. The van der Waals surface area contributed by atoms with E-state index in [1.165, 1.54) is 0 Å². The minimum absolute atomic E-state index is 0.196. The molecule has 4 aliphatic rings. The third kappa shape index (κ3) is 10.2. The Morgan fingerprint density at radius 1 is 0.509 bits per heavy atom. The summed E-state index contributed by atoms with van der Waals surface area (Å²) in [4.78, 5) is 0. The maximum absolute atomic E-state index is 7.14. The van der Waals surface area contributed by atoms with E-state index in [1.54, 1.807) is 0 Å². The second kappa shape index (κ2) is 18.1. The van der Waals surface area contributed by atoms with Gasteiger partial charge in [-0.25, -0.2) is 0 Å². The van der Waals surface area contributed by atoms with Crippen molar-refractivity contribution in [2.24, 2.45) is 0 Å². The van der Waals surface area contributed by atoms with Crippen LogP contribution in [0.3, 0.4) is 0 Å². The van der Waals surface area contributed by atoms with E-state index in [4.69, 9.17) is 52.1 Å². The number of hydrogen-bond acceptors (Lipinski definition) is 11. The Hall–Kier alpha value is -3.56. The molecular weight excluding hydrogens is 728 g/mol. The number of fused-ring (bicyclic) bond motifs is 1. The first-order chi connectivity index (χ1) is 27.7. The van der Waals surface area contributed by atoms with Crippen LogP contribution in [-0.2, 0) is 78.5 Å². The van der Waals surface area contributed by atoms with Gasteiger partial charge in [-0.05, 0) is 49.9 Å². The summed E-state index contributed by atoms with van der Waals surface area (Å²) in [6.07, 6.45) is -6.67. The van der Waals surface area contributed by atoms with Gasteiger partial charge in [-0.2, -0.15) is 0 Å². The molecule has 4 aromatic rings. The summed E-state index contributed by atoms with van der Waals surface area (Å²) in [5.74, 6) is -1.68. The average molecular weight is 783 g/mol. The molecule has 11 heteroatoms. The van der Waals surface area contributed by atoms with Crippen LogP contribution in [0.25, 0.3) is 0 Å². The van der Waals surface area contributed by atoms with Gasteiger partial charge < -0.3 is 52.1 Å². The van der Waals surface area contributed by atoms with E-state index < -0.39 is 73.0 Å². The predicted octanol–water partition coefficient (Wildman–Crippen LogP) is 7.10. The fourth-order valence-corrected chi connectivity index (χ4v) is 7.85. The summed E-state index contributed by atoms with van der Waals surface area (Å²) in [7, 11) is 0. The van der Waals surface area contributed by atoms with Gasteiger partial charge in [-0.1, -0.05) is 121 Å². The molecule has 0 amide bonds. The third-order valence-corrected chi connectivity index (χ3v) is 10.6. The number of rotatable bonds is 16. The topological polar surface area (TPSA) is 102 Å². The average Bonchev–Trinajstić information content (AvgIpc) is 3.85. The minimum Gasteiger partial charge on any atom is -0.374 e. The van der Waals surface area contributed by atoms with Gasteiger partial charge in [0, 0.05) is 0 Å². The van der Waals surface area contributed by atoms with Gasteiger partial charge in [0.05, 0.1) is 39.6 Å². The summed E-state index contributed by atoms with van der Waals surface area (Å²) < 4.78 is 72.8. The van der Waals surface area contributed by atoms with Crippen LogP contribution >= 0.6 is 0 Å². The zero-order chi connectivity index (χ0) is 39.2. The summed E-state index contributed by atoms with van der Waals surface area (Å²) in [6, 6.07) is 40.2. The Kier molecular flexibility index (Phi) is 12.8. The maximum atomic E-state index is 7.14. The lowest BCUT2D eigenvalue weighted by Gasteiger charge is -2.47. The fraction of sp³-hybridized carbons (Fsp3) is 0.478. The quantitative estimate of drug-likeness (QED) is 0.116. The number of hydrogen-bond donors (Lipinski definition) is 0. The summed E-state index contributed by atoms with van der Waals surface area (Å²) in [5, 5.41) is 0. The summed E-state index contributed by atoms with van der Waals surface area (Å²) >= 11 is 0. The maximum Gasteiger partial charge on any atom is 0.190 e. The van der Waals surface area contributed by atoms with Crippen LogP contribution in [0.4, 0.5) is 0 Å². The molecule has 0 unspecified atom stereocenters. The largest absolute Gasteiger partial charge is 0.374 e. The van der Waals surface area contributed by atoms with Gasteiger partial charge >= 0.3 is 0 Å². The van der Waals surface area contributed by atoms with Crippen molar-refractivity contribution in [3.8, 4) is 0 Å². The molecule has 8 rings (SSSR count). The predicted molar refractivity (Wildman–Crippen MR) is 208 cm³/mol. The Labute approximate surface area is 335 Å². The molecule has 0 aliphatic carbocycles. The van der Waals surface area contributed by atoms with Gasteiger partial charge in [0.1, 0.15) is 48.8 Å². The smallest absolute Gasteiger partial charge is 0.190 e. The van der Waals surface area contributed by atoms with E-state index >= 15 is 0 Å². The molecular formula is C46H54O11. The van der Waals surface area contributed by atoms with E-state index in [0.717, 1.165) is 22.3 Å². The van der Waals surface area contributed by atoms with Crippen LogP contribution in [0.15, 0.2) is 121 Å². The van der Waals surface area contributed by atoms with E-state index in [-0.39, 0.29) is 13.2 Å². The van der Waals surface area contributed by atoms with Gasteiger partial charge in [0.25, 0.3) is 0 Å². The number of benzene rings is 4. The lowest BCUT2D eigenvalue weighted by atomic mass is 9.97. The highest BCUT2D eigenvalue weighted by Gasteiger charge is 2.61. The molecule has 304 valence electrons. The first kappa shape index (κ1) is 40.2. The Balaban J connectivity index is 1.14. The van der Waals surface area contributed by atoms with E-state index in [0.29, 0.717) is 26.4 Å². The highest BCUT2D eigenvalue weighted by Crippen LogP contribution is 2.44. The van der Waals surface area contributed by atoms with Crippen molar-refractivity contribution in [2.75, 3.05) is 13.2 Å². The molecule has 0 saturated carbocycles. The fourth-order valence-electron chi connectivity index (χ4n) is 7.85. The first-order valence-corrected chi connectivity index (χ1v) is 19.9. The van der Waals surface area contributed by atoms with Crippen molar-refractivity contribution in [1.82, 2.24) is 0 Å². The molecule has 11 nitrogen and oxygen atoms in total. The Morgan fingerprint density at radius 2 is 1.02 bits per heavy atom. The molecule has 10 atom stereocenters. The minimum atomic E-state index is -0.978. The van der Waals surface area contributed by atoms with Crippen LogP contribution in [0.2, 0.25) is 0 Å². The number of ether oxygens (including phenoxy) is 11. The van der Waals surface area contributed by atoms with Crippen molar-refractivity contribution in [2.45, 2.75) is 127 Å². The highest BCUT2D eigenvalue weighted by atomic mass is 16.9. The summed E-state index contributed by atoms with van der Waals surface area (Å²) in [6.45, 7) is 9.30. The molecule has 0 aromatic heterocycles. The zero-order valence-electron chi connectivity index (χ0n) is 33.1. The van der Waals surface area contributed by atoms with Crippen molar-refractivity contribution >= 4 is 0 Å². The van der Waals surface area contributed by atoms with E-state index in [1.807, 2.05) is 149 Å². The molecule has 4 saturated heterocycles. The van der Waals surface area contributed by atoms with Crippen molar-refractivity contribution in [3.63, 3.8) is 0 Å².